The molecule has 0 amide bonds. The van der Waals surface area contributed by atoms with E-state index in [4.69, 9.17) is 5.73 Å². The average molecular weight is 258 g/mol. The van der Waals surface area contributed by atoms with E-state index in [1.54, 1.807) is 0 Å². The lowest BCUT2D eigenvalue weighted by molar-refractivity contribution is 0.645. The second-order valence-corrected chi connectivity index (χ2v) is 5.11. The minimum Gasteiger partial charge on any atom is -0.327 e. The minimum absolute atomic E-state index is 0.217. The van der Waals surface area contributed by atoms with Gasteiger partial charge >= 0.3 is 0 Å². The topological polar surface area (TPSA) is 56.7 Å². The molecule has 4 nitrogen and oxygen atoms in total. The van der Waals surface area contributed by atoms with Crippen molar-refractivity contribution in [2.24, 2.45) is 5.73 Å². The third-order valence-electron chi connectivity index (χ3n) is 3.40. The number of aromatic nitrogens is 3. The van der Waals surface area contributed by atoms with Crippen LogP contribution in [0, 0.1) is 20.8 Å². The molecule has 0 aliphatic rings. The molecule has 19 heavy (non-hydrogen) atoms. The van der Waals surface area contributed by atoms with E-state index in [2.05, 4.69) is 42.1 Å². The maximum absolute atomic E-state index is 6.03. The molecule has 1 atom stereocenters. The Balaban J connectivity index is 2.40. The fourth-order valence-electron chi connectivity index (χ4n) is 2.21. The van der Waals surface area contributed by atoms with Gasteiger partial charge in [0.1, 0.15) is 11.6 Å². The molecule has 0 bridgehead atoms. The number of hydrogen-bond acceptors (Lipinski definition) is 3. The number of nitrogens with two attached hydrogens (primary N) is 1. The lowest BCUT2D eigenvalue weighted by Crippen LogP contribution is -2.21. The van der Waals surface area contributed by atoms with Gasteiger partial charge in [-0.05, 0) is 50.8 Å². The van der Waals surface area contributed by atoms with Gasteiger partial charge in [0.05, 0.1) is 5.69 Å². The molecule has 0 fully saturated rings. The molecule has 2 rings (SSSR count). The molecule has 0 aliphatic heterocycles. The van der Waals surface area contributed by atoms with Crippen LogP contribution in [0.3, 0.4) is 0 Å². The lowest BCUT2D eigenvalue weighted by atomic mass is 10.0. The molecule has 0 saturated heterocycles. The largest absolute Gasteiger partial charge is 0.327 e. The molecule has 1 aromatic heterocycles. The van der Waals surface area contributed by atoms with Gasteiger partial charge in [0, 0.05) is 6.04 Å². The maximum Gasteiger partial charge on any atom is 0.148 e. The van der Waals surface area contributed by atoms with Gasteiger partial charge < -0.3 is 5.73 Å². The normalized spacial score (nSPS) is 12.7. The summed E-state index contributed by atoms with van der Waals surface area (Å²) in [5, 5.41) is 4.46. The molecule has 1 heterocycles. The van der Waals surface area contributed by atoms with Crippen LogP contribution in [0.1, 0.15) is 36.1 Å². The number of aryl methyl sites for hydroxylation is 3. The molecule has 2 N–H and O–H groups in total. The first-order chi connectivity index (χ1) is 9.01. The zero-order chi connectivity index (χ0) is 14.0. The molecule has 0 radical (unpaired) electrons. The SMILES string of the molecule is CCC(N)Cc1ccc(C)c(-n2nc(C)nc2C)c1. The van der Waals surface area contributed by atoms with Gasteiger partial charge in [-0.1, -0.05) is 19.1 Å². The van der Waals surface area contributed by atoms with Gasteiger partial charge in [-0.25, -0.2) is 9.67 Å². The number of benzene rings is 1. The molecule has 0 saturated carbocycles. The highest BCUT2D eigenvalue weighted by Crippen LogP contribution is 2.18. The van der Waals surface area contributed by atoms with Crippen molar-refractivity contribution in [3.05, 3.63) is 41.0 Å². The van der Waals surface area contributed by atoms with Crippen molar-refractivity contribution >= 4 is 0 Å². The first-order valence-corrected chi connectivity index (χ1v) is 6.77. The van der Waals surface area contributed by atoms with Crippen LogP contribution in [0.4, 0.5) is 0 Å². The van der Waals surface area contributed by atoms with Gasteiger partial charge in [-0.15, -0.1) is 0 Å². The summed E-state index contributed by atoms with van der Waals surface area (Å²) < 4.78 is 1.91. The van der Waals surface area contributed by atoms with Crippen molar-refractivity contribution < 1.29 is 0 Å². The Labute approximate surface area is 114 Å². The quantitative estimate of drug-likeness (QED) is 0.916. The first-order valence-electron chi connectivity index (χ1n) is 6.77. The number of nitrogens with zero attached hydrogens (tertiary/aromatic N) is 3. The van der Waals surface area contributed by atoms with E-state index in [1.807, 2.05) is 18.5 Å². The van der Waals surface area contributed by atoms with E-state index in [0.29, 0.717) is 0 Å². The van der Waals surface area contributed by atoms with Gasteiger partial charge in [0.15, 0.2) is 0 Å². The van der Waals surface area contributed by atoms with E-state index < -0.39 is 0 Å². The third kappa shape index (κ3) is 3.01. The van der Waals surface area contributed by atoms with Crippen LogP contribution in [0.5, 0.6) is 0 Å². The molecule has 102 valence electrons. The summed E-state index contributed by atoms with van der Waals surface area (Å²) in [6, 6.07) is 6.66. The molecule has 0 aliphatic carbocycles. The molecular weight excluding hydrogens is 236 g/mol. The minimum atomic E-state index is 0.217. The summed E-state index contributed by atoms with van der Waals surface area (Å²) in [5.74, 6) is 1.71. The molecule has 1 unspecified atom stereocenters. The predicted octanol–water partition coefficient (Wildman–Crippen LogP) is 2.47. The van der Waals surface area contributed by atoms with Gasteiger partial charge in [-0.3, -0.25) is 0 Å². The number of rotatable bonds is 4. The van der Waals surface area contributed by atoms with E-state index >= 15 is 0 Å². The predicted molar refractivity (Wildman–Crippen MR) is 77.5 cm³/mol. The van der Waals surface area contributed by atoms with Gasteiger partial charge in [0.2, 0.25) is 0 Å². The highest BCUT2D eigenvalue weighted by Gasteiger charge is 2.10. The average Bonchev–Trinajstić information content (AvgIpc) is 2.70. The molecule has 1 aromatic carbocycles. The second kappa shape index (κ2) is 5.53. The Morgan fingerprint density at radius 3 is 2.58 bits per heavy atom. The van der Waals surface area contributed by atoms with E-state index in [0.717, 1.165) is 30.2 Å². The van der Waals surface area contributed by atoms with E-state index in [1.165, 1.54) is 11.1 Å². The van der Waals surface area contributed by atoms with Crippen molar-refractivity contribution in [1.82, 2.24) is 14.8 Å². The number of hydrogen-bond donors (Lipinski definition) is 1. The first kappa shape index (κ1) is 13.7. The monoisotopic (exact) mass is 258 g/mol. The Bertz CT molecular complexity index is 572. The Morgan fingerprint density at radius 2 is 2.00 bits per heavy atom. The highest BCUT2D eigenvalue weighted by molar-refractivity contribution is 5.43. The molecule has 4 heteroatoms. The summed E-state index contributed by atoms with van der Waals surface area (Å²) in [6.45, 7) is 8.10. The zero-order valence-corrected chi connectivity index (χ0v) is 12.1. The van der Waals surface area contributed by atoms with Crippen LogP contribution in [-0.2, 0) is 6.42 Å². The van der Waals surface area contributed by atoms with Crippen molar-refractivity contribution in [3.8, 4) is 5.69 Å². The fraction of sp³-hybridized carbons (Fsp3) is 0.467. The van der Waals surface area contributed by atoms with Crippen molar-refractivity contribution in [2.75, 3.05) is 0 Å². The molecular formula is C15H22N4. The lowest BCUT2D eigenvalue weighted by Gasteiger charge is -2.12. The Hall–Kier alpha value is -1.68. The molecule has 0 spiro atoms. The fourth-order valence-corrected chi connectivity index (χ4v) is 2.21. The van der Waals surface area contributed by atoms with Crippen LogP contribution in [0.2, 0.25) is 0 Å². The van der Waals surface area contributed by atoms with E-state index in [9.17, 15) is 0 Å². The summed E-state index contributed by atoms with van der Waals surface area (Å²) in [7, 11) is 0. The zero-order valence-electron chi connectivity index (χ0n) is 12.1. The van der Waals surface area contributed by atoms with E-state index in [-0.39, 0.29) is 6.04 Å². The molecule has 2 aromatic rings. The van der Waals surface area contributed by atoms with Gasteiger partial charge in [-0.2, -0.15) is 5.10 Å². The summed E-state index contributed by atoms with van der Waals surface area (Å²) in [6.07, 6.45) is 1.89. The Kier molecular flexibility index (Phi) is 4.00. The highest BCUT2D eigenvalue weighted by atomic mass is 15.3. The van der Waals surface area contributed by atoms with Gasteiger partial charge in [0.25, 0.3) is 0 Å². The van der Waals surface area contributed by atoms with Crippen molar-refractivity contribution in [3.63, 3.8) is 0 Å². The van der Waals surface area contributed by atoms with Crippen LogP contribution in [0.25, 0.3) is 5.69 Å². The standard InChI is InChI=1S/C15H22N4/c1-5-14(16)8-13-7-6-10(2)15(9-13)19-12(4)17-11(3)18-19/h6-7,9,14H,5,8,16H2,1-4H3. The second-order valence-electron chi connectivity index (χ2n) is 5.11. The maximum atomic E-state index is 6.03. The summed E-state index contributed by atoms with van der Waals surface area (Å²) in [5.41, 5.74) is 9.58. The van der Waals surface area contributed by atoms with Crippen molar-refractivity contribution in [1.29, 1.82) is 0 Å². The van der Waals surface area contributed by atoms with Crippen molar-refractivity contribution in [2.45, 2.75) is 46.6 Å². The summed E-state index contributed by atoms with van der Waals surface area (Å²) in [4.78, 5) is 4.36. The Morgan fingerprint density at radius 1 is 1.26 bits per heavy atom. The van der Waals surface area contributed by atoms with Crippen LogP contribution in [-0.4, -0.2) is 20.8 Å². The summed E-state index contributed by atoms with van der Waals surface area (Å²) >= 11 is 0. The smallest absolute Gasteiger partial charge is 0.148 e. The van der Waals surface area contributed by atoms with Crippen LogP contribution < -0.4 is 5.73 Å². The van der Waals surface area contributed by atoms with Crippen LogP contribution in [0.15, 0.2) is 18.2 Å². The third-order valence-corrected chi connectivity index (χ3v) is 3.40. The van der Waals surface area contributed by atoms with Crippen LogP contribution >= 0.6 is 0 Å².